The molecule has 0 heterocycles. The molecule has 3 atom stereocenters. The van der Waals surface area contributed by atoms with Gasteiger partial charge in [-0.1, -0.05) is 0 Å². The van der Waals surface area contributed by atoms with Crippen LogP contribution in [-0.4, -0.2) is 51.6 Å². The molecule has 6 heteroatoms. The van der Waals surface area contributed by atoms with Gasteiger partial charge in [-0.25, -0.2) is 0 Å². The molecule has 0 aromatic heterocycles. The summed E-state index contributed by atoms with van der Waals surface area (Å²) in [4.78, 5) is 9.82. The van der Waals surface area contributed by atoms with Crippen molar-refractivity contribution in [3.8, 4) is 0 Å². The van der Waals surface area contributed by atoms with Gasteiger partial charge in [0.05, 0.1) is 12.7 Å². The van der Waals surface area contributed by atoms with Gasteiger partial charge in [0.15, 0.2) is 0 Å². The van der Waals surface area contributed by atoms with E-state index in [1.165, 1.54) is 0 Å². The van der Waals surface area contributed by atoms with Gasteiger partial charge in [-0.15, -0.1) is 0 Å². The van der Waals surface area contributed by atoms with Crippen molar-refractivity contribution in [2.45, 2.75) is 24.7 Å². The van der Waals surface area contributed by atoms with E-state index in [-0.39, 0.29) is 11.1 Å². The maximum Gasteiger partial charge on any atom is 0.122 e. The smallest absolute Gasteiger partial charge is 0.122 e. The van der Waals surface area contributed by atoms with Gasteiger partial charge in [0.25, 0.3) is 0 Å². The number of carbonyl (C=O) groups excluding carboxylic acids is 1. The average Bonchev–Trinajstić information content (AvgIpc) is 2.02. The highest BCUT2D eigenvalue weighted by Crippen LogP contribution is 2.01. The summed E-state index contributed by atoms with van der Waals surface area (Å²) in [5.41, 5.74) is 0. The number of aldehydes is 1. The summed E-state index contributed by atoms with van der Waals surface area (Å²) < 4.78 is 0. The van der Waals surface area contributed by atoms with Crippen molar-refractivity contribution in [1.29, 1.82) is 0 Å². The Bertz CT molecular complexity index is 121. The molecule has 0 aliphatic rings. The number of rotatable bonds is 5. The summed E-state index contributed by atoms with van der Waals surface area (Å²) in [5.74, 6) is 0. The van der Waals surface area contributed by atoms with E-state index in [0.717, 1.165) is 0 Å². The van der Waals surface area contributed by atoms with E-state index >= 15 is 0 Å². The Kier molecular flexibility index (Phi) is 8.29. The SMILES string of the molecule is F.O=CC[C@@H](O)[C@H](O)[C@H](O)CO. The number of aliphatic hydroxyl groups excluding tert-OH is 4. The van der Waals surface area contributed by atoms with E-state index in [0.29, 0.717) is 6.29 Å². The summed E-state index contributed by atoms with van der Waals surface area (Å²) >= 11 is 0. The van der Waals surface area contributed by atoms with Gasteiger partial charge in [0.2, 0.25) is 0 Å². The van der Waals surface area contributed by atoms with Crippen LogP contribution in [-0.2, 0) is 4.79 Å². The molecular weight excluding hydrogens is 171 g/mol. The normalized spacial score (nSPS) is 17.3. The Labute approximate surface area is 68.6 Å². The van der Waals surface area contributed by atoms with Crippen LogP contribution in [0, 0.1) is 0 Å². The third kappa shape index (κ3) is 4.35. The molecule has 4 N–H and O–H groups in total. The predicted octanol–water partition coefficient (Wildman–Crippen LogP) is -2.20. The van der Waals surface area contributed by atoms with Crippen LogP contribution >= 0.6 is 0 Å². The first-order chi connectivity index (χ1) is 5.13. The molecule has 0 aliphatic heterocycles. The van der Waals surface area contributed by atoms with Crippen molar-refractivity contribution >= 4 is 6.29 Å². The predicted molar refractivity (Wildman–Crippen MR) is 38.3 cm³/mol. The van der Waals surface area contributed by atoms with Crippen molar-refractivity contribution < 1.29 is 29.9 Å². The first-order valence-corrected chi connectivity index (χ1v) is 3.22. The van der Waals surface area contributed by atoms with E-state index in [2.05, 4.69) is 0 Å². The van der Waals surface area contributed by atoms with Crippen LogP contribution in [0.3, 0.4) is 0 Å². The maximum absolute atomic E-state index is 9.82. The monoisotopic (exact) mass is 184 g/mol. The number of hydrogen-bond acceptors (Lipinski definition) is 5. The lowest BCUT2D eigenvalue weighted by Gasteiger charge is -2.19. The van der Waals surface area contributed by atoms with Crippen LogP contribution in [0.5, 0.6) is 0 Å². The Hall–Kier alpha value is -0.560. The molecule has 0 aliphatic carbocycles. The van der Waals surface area contributed by atoms with Crippen LogP contribution in [0.2, 0.25) is 0 Å². The van der Waals surface area contributed by atoms with E-state index in [9.17, 15) is 4.79 Å². The van der Waals surface area contributed by atoms with Crippen LogP contribution in [0.25, 0.3) is 0 Å². The summed E-state index contributed by atoms with van der Waals surface area (Å²) in [6, 6.07) is 0. The van der Waals surface area contributed by atoms with Gasteiger partial charge in [0.1, 0.15) is 18.5 Å². The summed E-state index contributed by atoms with van der Waals surface area (Å²) in [7, 11) is 0. The standard InChI is InChI=1S/C6H12O5.FH/c7-2-1-4(9)6(11)5(10)3-8;/h2,4-6,8-11H,1,3H2;1H/t4-,5-,6+;/m1./s1. The molecular formula is C6H13FO5. The highest BCUT2D eigenvalue weighted by molar-refractivity contribution is 5.50. The van der Waals surface area contributed by atoms with Crippen molar-refractivity contribution in [2.24, 2.45) is 0 Å². The van der Waals surface area contributed by atoms with Crippen LogP contribution in [0.4, 0.5) is 4.70 Å². The Morgan fingerprint density at radius 2 is 1.67 bits per heavy atom. The molecule has 0 rings (SSSR count). The molecule has 12 heavy (non-hydrogen) atoms. The molecule has 0 saturated carbocycles. The molecule has 0 bridgehead atoms. The van der Waals surface area contributed by atoms with Gasteiger partial charge in [0, 0.05) is 6.42 Å². The minimum absolute atomic E-state index is 0. The molecule has 0 radical (unpaired) electrons. The van der Waals surface area contributed by atoms with Crippen LogP contribution in [0.15, 0.2) is 0 Å². The molecule has 0 unspecified atom stereocenters. The van der Waals surface area contributed by atoms with Crippen molar-refractivity contribution in [2.75, 3.05) is 6.61 Å². The summed E-state index contributed by atoms with van der Waals surface area (Å²) in [6.07, 6.45) is -4.00. The second kappa shape index (κ2) is 7.11. The van der Waals surface area contributed by atoms with Crippen LogP contribution < -0.4 is 0 Å². The topological polar surface area (TPSA) is 98.0 Å². The van der Waals surface area contributed by atoms with Gasteiger partial charge < -0.3 is 25.2 Å². The van der Waals surface area contributed by atoms with Crippen molar-refractivity contribution in [3.63, 3.8) is 0 Å². The number of hydrogen-bond donors (Lipinski definition) is 4. The van der Waals surface area contributed by atoms with Gasteiger partial charge in [-0.2, -0.15) is 0 Å². The first kappa shape index (κ1) is 14.0. The third-order valence-corrected chi connectivity index (χ3v) is 1.31. The molecule has 0 spiro atoms. The quantitative estimate of drug-likeness (QED) is 0.364. The minimum atomic E-state index is -1.47. The zero-order chi connectivity index (χ0) is 8.85. The lowest BCUT2D eigenvalue weighted by Crippen LogP contribution is -2.39. The molecule has 0 fully saturated rings. The highest BCUT2D eigenvalue weighted by Gasteiger charge is 2.23. The van der Waals surface area contributed by atoms with Crippen molar-refractivity contribution in [1.82, 2.24) is 0 Å². The zero-order valence-corrected chi connectivity index (χ0v) is 6.33. The number of aliphatic hydroxyl groups is 4. The van der Waals surface area contributed by atoms with E-state index in [4.69, 9.17) is 20.4 Å². The van der Waals surface area contributed by atoms with E-state index < -0.39 is 24.9 Å². The summed E-state index contributed by atoms with van der Waals surface area (Å²) in [6.45, 7) is -0.642. The van der Waals surface area contributed by atoms with E-state index in [1.807, 2.05) is 0 Å². The Balaban J connectivity index is 0. The first-order valence-electron chi connectivity index (χ1n) is 3.22. The molecule has 0 amide bonds. The molecule has 0 saturated heterocycles. The molecule has 74 valence electrons. The second-order valence-electron chi connectivity index (χ2n) is 2.21. The lowest BCUT2D eigenvalue weighted by atomic mass is 10.1. The van der Waals surface area contributed by atoms with Gasteiger partial charge in [-0.3, -0.25) is 4.70 Å². The molecule has 0 aromatic rings. The maximum atomic E-state index is 9.82. The lowest BCUT2D eigenvalue weighted by molar-refractivity contribution is -0.115. The second-order valence-corrected chi connectivity index (χ2v) is 2.21. The Morgan fingerprint density at radius 1 is 1.17 bits per heavy atom. The molecule has 5 nitrogen and oxygen atoms in total. The van der Waals surface area contributed by atoms with E-state index in [1.54, 1.807) is 0 Å². The minimum Gasteiger partial charge on any atom is -0.394 e. The fraction of sp³-hybridized carbons (Fsp3) is 0.833. The molecule has 0 aromatic carbocycles. The average molecular weight is 184 g/mol. The van der Waals surface area contributed by atoms with Gasteiger partial charge in [-0.05, 0) is 0 Å². The van der Waals surface area contributed by atoms with Crippen LogP contribution in [0.1, 0.15) is 6.42 Å². The van der Waals surface area contributed by atoms with Crippen molar-refractivity contribution in [3.05, 3.63) is 0 Å². The largest absolute Gasteiger partial charge is 0.394 e. The highest BCUT2D eigenvalue weighted by atomic mass is 19.0. The third-order valence-electron chi connectivity index (χ3n) is 1.31. The zero-order valence-electron chi connectivity index (χ0n) is 6.33. The Morgan fingerprint density at radius 3 is 2.00 bits per heavy atom. The number of halogens is 1. The fourth-order valence-electron chi connectivity index (χ4n) is 0.602. The van der Waals surface area contributed by atoms with Gasteiger partial charge >= 0.3 is 0 Å². The summed E-state index contributed by atoms with van der Waals surface area (Å²) in [5, 5.41) is 34.8. The number of carbonyl (C=O) groups is 1. The fourth-order valence-corrected chi connectivity index (χ4v) is 0.602.